The van der Waals surface area contributed by atoms with Crippen molar-refractivity contribution in [2.75, 3.05) is 6.54 Å². The zero-order chi connectivity index (χ0) is 13.6. The fourth-order valence-corrected chi connectivity index (χ4v) is 1.46. The van der Waals surface area contributed by atoms with Gasteiger partial charge in [0.05, 0.1) is 0 Å². The number of carboxylic acid groups (broad SMARTS) is 1. The van der Waals surface area contributed by atoms with E-state index in [1.54, 1.807) is 30.3 Å². The van der Waals surface area contributed by atoms with Crippen LogP contribution in [0.4, 0.5) is 4.79 Å². The number of rotatable bonds is 5. The Morgan fingerprint density at radius 3 is 2.50 bits per heavy atom. The zero-order valence-corrected chi connectivity index (χ0v) is 10.1. The standard InChI is InChI=1S/C13H16N2O3/c1-3-9-14-12(18)15-13(2,11(16)17)10-7-5-4-6-8-10/h3-8H,1,9H2,2H3,(H,16,17)(H2,14,15,18). The predicted molar refractivity (Wildman–Crippen MR) is 68.2 cm³/mol. The Kier molecular flexibility index (Phi) is 4.48. The molecule has 1 rings (SSSR count). The molecule has 1 unspecified atom stereocenters. The van der Waals surface area contributed by atoms with Gasteiger partial charge in [-0.25, -0.2) is 9.59 Å². The lowest BCUT2D eigenvalue weighted by atomic mass is 9.92. The highest BCUT2D eigenvalue weighted by Gasteiger charge is 2.36. The van der Waals surface area contributed by atoms with E-state index in [0.717, 1.165) is 0 Å². The van der Waals surface area contributed by atoms with Crippen LogP contribution in [0.3, 0.4) is 0 Å². The van der Waals surface area contributed by atoms with E-state index < -0.39 is 17.5 Å². The molecule has 0 aliphatic carbocycles. The van der Waals surface area contributed by atoms with Gasteiger partial charge in [-0.05, 0) is 12.5 Å². The van der Waals surface area contributed by atoms with Crippen LogP contribution in [0.25, 0.3) is 0 Å². The Labute approximate surface area is 106 Å². The summed E-state index contributed by atoms with van der Waals surface area (Å²) in [5.41, 5.74) is -0.960. The number of aliphatic carboxylic acids is 1. The van der Waals surface area contributed by atoms with Crippen LogP contribution in [0.5, 0.6) is 0 Å². The molecule has 0 heterocycles. The molecule has 5 nitrogen and oxygen atoms in total. The van der Waals surface area contributed by atoms with Gasteiger partial charge in [-0.3, -0.25) is 0 Å². The van der Waals surface area contributed by atoms with E-state index in [1.165, 1.54) is 13.0 Å². The maximum absolute atomic E-state index is 11.6. The second-order valence-electron chi connectivity index (χ2n) is 3.92. The first kappa shape index (κ1) is 13.8. The minimum Gasteiger partial charge on any atom is -0.479 e. The molecule has 0 aliphatic rings. The van der Waals surface area contributed by atoms with E-state index in [9.17, 15) is 14.7 Å². The summed E-state index contributed by atoms with van der Waals surface area (Å²) in [6, 6.07) is 7.98. The Hall–Kier alpha value is -2.30. The van der Waals surface area contributed by atoms with Gasteiger partial charge in [-0.1, -0.05) is 36.4 Å². The number of benzene rings is 1. The van der Waals surface area contributed by atoms with Crippen LogP contribution in [0.2, 0.25) is 0 Å². The summed E-state index contributed by atoms with van der Waals surface area (Å²) < 4.78 is 0. The number of hydrogen-bond donors (Lipinski definition) is 3. The molecule has 0 aliphatic heterocycles. The van der Waals surface area contributed by atoms with Crippen LogP contribution in [-0.2, 0) is 10.3 Å². The summed E-state index contributed by atoms with van der Waals surface area (Å²) in [5.74, 6) is -1.12. The summed E-state index contributed by atoms with van der Waals surface area (Å²) in [5, 5.41) is 14.2. The average molecular weight is 248 g/mol. The van der Waals surface area contributed by atoms with Gasteiger partial charge in [0.25, 0.3) is 0 Å². The van der Waals surface area contributed by atoms with Crippen molar-refractivity contribution in [2.24, 2.45) is 0 Å². The molecule has 0 spiro atoms. The van der Waals surface area contributed by atoms with E-state index >= 15 is 0 Å². The van der Waals surface area contributed by atoms with Crippen molar-refractivity contribution >= 4 is 12.0 Å². The van der Waals surface area contributed by atoms with E-state index in [-0.39, 0.29) is 6.54 Å². The topological polar surface area (TPSA) is 78.4 Å². The first-order valence-electron chi connectivity index (χ1n) is 5.46. The van der Waals surface area contributed by atoms with Crippen LogP contribution < -0.4 is 10.6 Å². The van der Waals surface area contributed by atoms with Gasteiger partial charge in [0.2, 0.25) is 0 Å². The Morgan fingerprint density at radius 2 is 2.00 bits per heavy atom. The van der Waals surface area contributed by atoms with Gasteiger partial charge in [-0.15, -0.1) is 6.58 Å². The van der Waals surface area contributed by atoms with Gasteiger partial charge in [-0.2, -0.15) is 0 Å². The van der Waals surface area contributed by atoms with Gasteiger partial charge in [0.15, 0.2) is 5.54 Å². The second kappa shape index (κ2) is 5.86. The number of urea groups is 1. The quantitative estimate of drug-likeness (QED) is 0.690. The average Bonchev–Trinajstić information content (AvgIpc) is 2.37. The summed E-state index contributed by atoms with van der Waals surface area (Å²) >= 11 is 0. The smallest absolute Gasteiger partial charge is 0.333 e. The number of hydrogen-bond acceptors (Lipinski definition) is 2. The normalized spacial score (nSPS) is 13.2. The lowest BCUT2D eigenvalue weighted by molar-refractivity contribution is -0.144. The third kappa shape index (κ3) is 3.10. The molecular weight excluding hydrogens is 232 g/mol. The molecule has 3 N–H and O–H groups in total. The maximum Gasteiger partial charge on any atom is 0.333 e. The van der Waals surface area contributed by atoms with Crippen molar-refractivity contribution in [1.29, 1.82) is 0 Å². The molecule has 1 aromatic rings. The van der Waals surface area contributed by atoms with Gasteiger partial charge in [0, 0.05) is 6.54 Å². The monoisotopic (exact) mass is 248 g/mol. The predicted octanol–water partition coefficient (Wildman–Crippen LogP) is 1.47. The zero-order valence-electron chi connectivity index (χ0n) is 10.1. The van der Waals surface area contributed by atoms with Crippen LogP contribution >= 0.6 is 0 Å². The number of nitrogens with one attached hydrogen (secondary N) is 2. The minimum absolute atomic E-state index is 0.274. The van der Waals surface area contributed by atoms with Crippen LogP contribution in [0.1, 0.15) is 12.5 Å². The molecule has 0 fully saturated rings. The Balaban J connectivity index is 2.92. The highest BCUT2D eigenvalue weighted by molar-refractivity contribution is 5.87. The van der Waals surface area contributed by atoms with Crippen LogP contribution in [0.15, 0.2) is 43.0 Å². The molecule has 1 aromatic carbocycles. The molecule has 0 saturated carbocycles. The van der Waals surface area contributed by atoms with Crippen molar-refractivity contribution < 1.29 is 14.7 Å². The molecule has 0 radical (unpaired) electrons. The Bertz CT molecular complexity index is 445. The second-order valence-corrected chi connectivity index (χ2v) is 3.92. The third-order valence-corrected chi connectivity index (χ3v) is 2.55. The number of carbonyl (C=O) groups is 2. The van der Waals surface area contributed by atoms with Crippen molar-refractivity contribution in [3.05, 3.63) is 48.6 Å². The number of carbonyl (C=O) groups excluding carboxylic acids is 1. The summed E-state index contributed by atoms with van der Waals surface area (Å²) in [7, 11) is 0. The highest BCUT2D eigenvalue weighted by Crippen LogP contribution is 2.20. The lowest BCUT2D eigenvalue weighted by Crippen LogP contribution is -2.52. The van der Waals surface area contributed by atoms with E-state index in [1.807, 2.05) is 0 Å². The van der Waals surface area contributed by atoms with Gasteiger partial charge >= 0.3 is 12.0 Å². The Morgan fingerprint density at radius 1 is 1.39 bits per heavy atom. The molecule has 1 atom stereocenters. The van der Waals surface area contributed by atoms with Gasteiger partial charge in [0.1, 0.15) is 0 Å². The molecule has 2 amide bonds. The maximum atomic E-state index is 11.6. The van der Waals surface area contributed by atoms with E-state index in [0.29, 0.717) is 5.56 Å². The van der Waals surface area contributed by atoms with Gasteiger partial charge < -0.3 is 15.7 Å². The van der Waals surface area contributed by atoms with Crippen molar-refractivity contribution in [3.8, 4) is 0 Å². The third-order valence-electron chi connectivity index (χ3n) is 2.55. The number of carboxylic acids is 1. The molecule has 0 bridgehead atoms. The summed E-state index contributed by atoms with van der Waals surface area (Å²) in [6.45, 7) is 5.18. The SMILES string of the molecule is C=CCNC(=O)NC(C)(C(=O)O)c1ccccc1. The molecule has 0 saturated heterocycles. The lowest BCUT2D eigenvalue weighted by Gasteiger charge is -2.26. The summed E-state index contributed by atoms with van der Waals surface area (Å²) in [6.07, 6.45) is 1.51. The molecule has 5 heteroatoms. The fraction of sp³-hybridized carbons (Fsp3) is 0.231. The molecule has 18 heavy (non-hydrogen) atoms. The van der Waals surface area contributed by atoms with Crippen LogP contribution in [0, 0.1) is 0 Å². The van der Waals surface area contributed by atoms with E-state index in [2.05, 4.69) is 17.2 Å². The minimum atomic E-state index is -1.47. The fourth-order valence-electron chi connectivity index (χ4n) is 1.46. The number of amides is 2. The van der Waals surface area contributed by atoms with E-state index in [4.69, 9.17) is 0 Å². The largest absolute Gasteiger partial charge is 0.479 e. The molecular formula is C13H16N2O3. The molecule has 96 valence electrons. The van der Waals surface area contributed by atoms with Crippen molar-refractivity contribution in [1.82, 2.24) is 10.6 Å². The van der Waals surface area contributed by atoms with Crippen molar-refractivity contribution in [3.63, 3.8) is 0 Å². The first-order chi connectivity index (χ1) is 8.50. The highest BCUT2D eigenvalue weighted by atomic mass is 16.4. The van der Waals surface area contributed by atoms with Crippen LogP contribution in [-0.4, -0.2) is 23.7 Å². The summed E-state index contributed by atoms with van der Waals surface area (Å²) in [4.78, 5) is 22.9. The first-order valence-corrected chi connectivity index (χ1v) is 5.46. The molecule has 0 aromatic heterocycles. The van der Waals surface area contributed by atoms with Crippen molar-refractivity contribution in [2.45, 2.75) is 12.5 Å².